The molecule has 0 saturated carbocycles. The van der Waals surface area contributed by atoms with Gasteiger partial charge < -0.3 is 10.5 Å². The van der Waals surface area contributed by atoms with Gasteiger partial charge in [0.25, 0.3) is 0 Å². The number of fused-ring (bicyclic) bond motifs is 1. The number of benzene rings is 1. The molecule has 0 spiro atoms. The highest BCUT2D eigenvalue weighted by Crippen LogP contribution is 2.36. The maximum absolute atomic E-state index is 6.15. The molecule has 2 nitrogen and oxygen atoms in total. The number of aryl methyl sites for hydroxylation is 1. The summed E-state index contributed by atoms with van der Waals surface area (Å²) in [5.74, 6) is 1.08. The molecule has 0 bridgehead atoms. The summed E-state index contributed by atoms with van der Waals surface area (Å²) in [7, 11) is 0. The third kappa shape index (κ3) is 3.06. The van der Waals surface area contributed by atoms with Crippen LogP contribution < -0.4 is 10.5 Å². The van der Waals surface area contributed by atoms with Gasteiger partial charge in [-0.25, -0.2) is 0 Å². The Hall–Kier alpha value is -1.28. The molecule has 108 valence electrons. The molecule has 2 aliphatic rings. The highest BCUT2D eigenvalue weighted by atomic mass is 16.5. The van der Waals surface area contributed by atoms with Crippen LogP contribution in [0.2, 0.25) is 0 Å². The number of allylic oxidation sites excluding steroid dienone is 1. The van der Waals surface area contributed by atoms with Crippen molar-refractivity contribution in [2.75, 3.05) is 6.61 Å². The van der Waals surface area contributed by atoms with E-state index >= 15 is 0 Å². The molecule has 0 radical (unpaired) electrons. The molecule has 20 heavy (non-hydrogen) atoms. The minimum Gasteiger partial charge on any atom is -0.493 e. The second-order valence-electron chi connectivity index (χ2n) is 7.07. The van der Waals surface area contributed by atoms with E-state index in [1.54, 1.807) is 0 Å². The van der Waals surface area contributed by atoms with Gasteiger partial charge in [0.1, 0.15) is 5.75 Å². The fraction of sp³-hybridized carbons (Fsp3) is 0.556. The van der Waals surface area contributed by atoms with E-state index < -0.39 is 0 Å². The van der Waals surface area contributed by atoms with E-state index in [0.717, 1.165) is 38.0 Å². The Morgan fingerprint density at radius 2 is 2.15 bits per heavy atom. The van der Waals surface area contributed by atoms with Crippen LogP contribution in [0.15, 0.2) is 29.8 Å². The Labute approximate surface area is 122 Å². The molecule has 1 aliphatic carbocycles. The first-order valence-corrected chi connectivity index (χ1v) is 7.72. The molecule has 1 unspecified atom stereocenters. The summed E-state index contributed by atoms with van der Waals surface area (Å²) in [4.78, 5) is 0. The molecule has 0 fully saturated rings. The summed E-state index contributed by atoms with van der Waals surface area (Å²) in [6.45, 7) is 5.49. The van der Waals surface area contributed by atoms with Crippen molar-refractivity contribution in [1.82, 2.24) is 0 Å². The van der Waals surface area contributed by atoms with Gasteiger partial charge in [-0.2, -0.15) is 0 Å². The average Bonchev–Trinajstić information content (AvgIpc) is 2.81. The molecular formula is C18H25NO. The van der Waals surface area contributed by atoms with Crippen molar-refractivity contribution >= 4 is 0 Å². The van der Waals surface area contributed by atoms with E-state index in [4.69, 9.17) is 10.5 Å². The van der Waals surface area contributed by atoms with Crippen LogP contribution in [0.4, 0.5) is 0 Å². The molecule has 1 heterocycles. The first-order chi connectivity index (χ1) is 9.52. The van der Waals surface area contributed by atoms with Gasteiger partial charge >= 0.3 is 0 Å². The Balaban J connectivity index is 1.65. The molecule has 0 amide bonds. The quantitative estimate of drug-likeness (QED) is 0.852. The summed E-state index contributed by atoms with van der Waals surface area (Å²) in [6, 6.07) is 6.89. The Morgan fingerprint density at radius 3 is 2.95 bits per heavy atom. The molecule has 1 aliphatic heterocycles. The van der Waals surface area contributed by atoms with Crippen molar-refractivity contribution < 1.29 is 4.74 Å². The lowest BCUT2D eigenvalue weighted by Gasteiger charge is -2.33. The number of rotatable bonds is 3. The van der Waals surface area contributed by atoms with Gasteiger partial charge in [-0.05, 0) is 48.3 Å². The fourth-order valence-corrected chi connectivity index (χ4v) is 3.62. The molecular weight excluding hydrogens is 246 g/mol. The highest BCUT2D eigenvalue weighted by Gasteiger charge is 2.26. The van der Waals surface area contributed by atoms with Crippen LogP contribution in [-0.2, 0) is 12.8 Å². The predicted octanol–water partition coefficient (Wildman–Crippen LogP) is 3.63. The highest BCUT2D eigenvalue weighted by molar-refractivity contribution is 5.40. The van der Waals surface area contributed by atoms with E-state index in [9.17, 15) is 0 Å². The fourth-order valence-electron chi connectivity index (χ4n) is 3.62. The summed E-state index contributed by atoms with van der Waals surface area (Å²) < 4.78 is 5.56. The Morgan fingerprint density at radius 1 is 1.30 bits per heavy atom. The zero-order valence-electron chi connectivity index (χ0n) is 12.6. The van der Waals surface area contributed by atoms with Crippen LogP contribution in [-0.4, -0.2) is 12.6 Å². The van der Waals surface area contributed by atoms with Crippen LogP contribution in [0, 0.1) is 5.41 Å². The molecule has 2 N–H and O–H groups in total. The summed E-state index contributed by atoms with van der Waals surface area (Å²) in [6.07, 6.45) is 7.89. The molecule has 1 aromatic rings. The van der Waals surface area contributed by atoms with E-state index in [1.807, 2.05) is 0 Å². The van der Waals surface area contributed by atoms with Gasteiger partial charge in [0.05, 0.1) is 6.61 Å². The van der Waals surface area contributed by atoms with Crippen LogP contribution in [0.5, 0.6) is 5.75 Å². The van der Waals surface area contributed by atoms with Crippen molar-refractivity contribution in [3.63, 3.8) is 0 Å². The Kier molecular flexibility index (Phi) is 3.59. The number of nitrogens with two attached hydrogens (primary N) is 1. The van der Waals surface area contributed by atoms with Gasteiger partial charge in [0, 0.05) is 12.5 Å². The molecule has 3 rings (SSSR count). The van der Waals surface area contributed by atoms with Gasteiger partial charge in [-0.3, -0.25) is 0 Å². The zero-order valence-corrected chi connectivity index (χ0v) is 12.6. The average molecular weight is 271 g/mol. The minimum atomic E-state index is 0.238. The standard InChI is InChI=1S/C18H25NO/c1-18(2)11-14(10-16(19)12-18)4-3-13-5-6-17-15(9-13)7-8-20-17/h5-6,9-10,16H,3-4,7-8,11-12,19H2,1-2H3. The van der Waals surface area contributed by atoms with E-state index in [2.05, 4.69) is 38.1 Å². The minimum absolute atomic E-state index is 0.238. The number of hydrogen-bond acceptors (Lipinski definition) is 2. The van der Waals surface area contributed by atoms with Crippen LogP contribution in [0.1, 0.15) is 44.2 Å². The zero-order chi connectivity index (χ0) is 14.2. The number of hydrogen-bond donors (Lipinski definition) is 1. The summed E-state index contributed by atoms with van der Waals surface area (Å²) >= 11 is 0. The van der Waals surface area contributed by atoms with E-state index in [0.29, 0.717) is 5.41 Å². The van der Waals surface area contributed by atoms with Crippen molar-refractivity contribution in [3.8, 4) is 5.75 Å². The second-order valence-corrected chi connectivity index (χ2v) is 7.07. The largest absolute Gasteiger partial charge is 0.493 e. The Bertz CT molecular complexity index is 530. The normalized spacial score (nSPS) is 23.9. The first-order valence-electron chi connectivity index (χ1n) is 7.72. The third-order valence-corrected chi connectivity index (χ3v) is 4.43. The van der Waals surface area contributed by atoms with Crippen LogP contribution >= 0.6 is 0 Å². The van der Waals surface area contributed by atoms with E-state index in [1.165, 1.54) is 23.1 Å². The van der Waals surface area contributed by atoms with Gasteiger partial charge in [-0.15, -0.1) is 0 Å². The van der Waals surface area contributed by atoms with Crippen molar-refractivity contribution in [1.29, 1.82) is 0 Å². The van der Waals surface area contributed by atoms with Gasteiger partial charge in [0.2, 0.25) is 0 Å². The maximum atomic E-state index is 6.15. The summed E-state index contributed by atoms with van der Waals surface area (Å²) in [5.41, 5.74) is 10.8. The lowest BCUT2D eigenvalue weighted by Crippen LogP contribution is -2.31. The molecule has 1 aromatic carbocycles. The topological polar surface area (TPSA) is 35.2 Å². The van der Waals surface area contributed by atoms with E-state index in [-0.39, 0.29) is 6.04 Å². The molecule has 0 aromatic heterocycles. The van der Waals surface area contributed by atoms with Crippen molar-refractivity contribution in [2.24, 2.45) is 11.1 Å². The van der Waals surface area contributed by atoms with Crippen LogP contribution in [0.25, 0.3) is 0 Å². The lowest BCUT2D eigenvalue weighted by atomic mass is 9.74. The lowest BCUT2D eigenvalue weighted by molar-refractivity contribution is 0.298. The third-order valence-electron chi connectivity index (χ3n) is 4.43. The molecule has 2 heteroatoms. The monoisotopic (exact) mass is 271 g/mol. The smallest absolute Gasteiger partial charge is 0.122 e. The molecule has 0 saturated heterocycles. The predicted molar refractivity (Wildman–Crippen MR) is 83.0 cm³/mol. The maximum Gasteiger partial charge on any atom is 0.122 e. The van der Waals surface area contributed by atoms with Crippen molar-refractivity contribution in [3.05, 3.63) is 41.0 Å². The summed E-state index contributed by atoms with van der Waals surface area (Å²) in [5, 5.41) is 0. The first kappa shape index (κ1) is 13.7. The van der Waals surface area contributed by atoms with Gasteiger partial charge in [-0.1, -0.05) is 37.6 Å². The number of ether oxygens (including phenoxy) is 1. The van der Waals surface area contributed by atoms with Crippen LogP contribution in [0.3, 0.4) is 0 Å². The molecule has 1 atom stereocenters. The second kappa shape index (κ2) is 5.25. The van der Waals surface area contributed by atoms with Crippen molar-refractivity contribution in [2.45, 2.75) is 52.0 Å². The van der Waals surface area contributed by atoms with Gasteiger partial charge in [0.15, 0.2) is 0 Å². The SMILES string of the molecule is CC1(C)CC(CCc2ccc3c(c2)CCO3)=CC(N)C1.